The van der Waals surface area contributed by atoms with Crippen molar-refractivity contribution in [2.45, 2.75) is 11.8 Å². The Kier molecular flexibility index (Phi) is 4.48. The Hall–Kier alpha value is -2.38. The number of hydrogen-bond acceptors (Lipinski definition) is 4. The van der Waals surface area contributed by atoms with E-state index < -0.39 is 15.9 Å². The van der Waals surface area contributed by atoms with Crippen molar-refractivity contribution in [1.82, 2.24) is 0 Å². The van der Waals surface area contributed by atoms with Crippen LogP contribution in [-0.4, -0.2) is 21.4 Å². The van der Waals surface area contributed by atoms with E-state index in [0.29, 0.717) is 17.0 Å². The average Bonchev–Trinajstić information content (AvgIpc) is 2.47. The number of benzene rings is 2. The smallest absolute Gasteiger partial charge is 0.255 e. The normalized spacial score (nSPS) is 11.0. The number of rotatable bonds is 4. The third-order valence-corrected chi connectivity index (χ3v) is 4.04. The van der Waals surface area contributed by atoms with Crippen LogP contribution in [0.1, 0.15) is 15.9 Å². The molecule has 0 unspecified atom stereocenters. The predicted molar refractivity (Wildman–Crippen MR) is 83.5 cm³/mol. The number of hydrogen-bond donors (Lipinski definition) is 2. The van der Waals surface area contributed by atoms with E-state index in [1.165, 1.54) is 12.1 Å². The Morgan fingerprint density at radius 2 is 1.77 bits per heavy atom. The Morgan fingerprint density at radius 1 is 1.14 bits per heavy atom. The fourth-order valence-corrected chi connectivity index (χ4v) is 2.44. The highest BCUT2D eigenvalue weighted by Crippen LogP contribution is 2.18. The molecule has 2 aromatic rings. The SMILES string of the molecule is COc1ccc(NC(=O)c2cc(S(N)(=O)=O)ccc2C)cc1. The number of nitrogens with two attached hydrogens (primary N) is 1. The van der Waals surface area contributed by atoms with Crippen LogP contribution in [0.3, 0.4) is 0 Å². The largest absolute Gasteiger partial charge is 0.497 e. The van der Waals surface area contributed by atoms with E-state index in [9.17, 15) is 13.2 Å². The molecule has 0 saturated carbocycles. The van der Waals surface area contributed by atoms with E-state index in [4.69, 9.17) is 9.88 Å². The van der Waals surface area contributed by atoms with Crippen LogP contribution in [-0.2, 0) is 10.0 Å². The first-order valence-corrected chi connectivity index (χ1v) is 7.95. The molecule has 0 spiro atoms. The summed E-state index contributed by atoms with van der Waals surface area (Å²) in [5, 5.41) is 7.79. The van der Waals surface area contributed by atoms with Gasteiger partial charge in [0.15, 0.2) is 0 Å². The van der Waals surface area contributed by atoms with Crippen molar-refractivity contribution in [2.24, 2.45) is 5.14 Å². The lowest BCUT2D eigenvalue weighted by Crippen LogP contribution is -2.17. The Balaban J connectivity index is 2.28. The number of methoxy groups -OCH3 is 1. The first-order valence-electron chi connectivity index (χ1n) is 6.40. The maximum absolute atomic E-state index is 12.3. The lowest BCUT2D eigenvalue weighted by Gasteiger charge is -2.09. The lowest BCUT2D eigenvalue weighted by molar-refractivity contribution is 0.102. The van der Waals surface area contributed by atoms with Crippen LogP contribution < -0.4 is 15.2 Å². The highest BCUT2D eigenvalue weighted by Gasteiger charge is 2.15. The Morgan fingerprint density at radius 3 is 2.32 bits per heavy atom. The first kappa shape index (κ1) is 16.0. The molecule has 0 aromatic heterocycles. The van der Waals surface area contributed by atoms with Crippen molar-refractivity contribution in [3.05, 3.63) is 53.6 Å². The molecule has 22 heavy (non-hydrogen) atoms. The molecule has 116 valence electrons. The van der Waals surface area contributed by atoms with Gasteiger partial charge in [0.25, 0.3) is 5.91 Å². The van der Waals surface area contributed by atoms with Gasteiger partial charge in [0.1, 0.15) is 5.75 Å². The van der Waals surface area contributed by atoms with Gasteiger partial charge >= 0.3 is 0 Å². The van der Waals surface area contributed by atoms with Crippen LogP contribution in [0, 0.1) is 6.92 Å². The second-order valence-electron chi connectivity index (χ2n) is 4.70. The van der Waals surface area contributed by atoms with Crippen molar-refractivity contribution >= 4 is 21.6 Å². The maximum atomic E-state index is 12.3. The van der Waals surface area contributed by atoms with Gasteiger partial charge in [-0.1, -0.05) is 6.07 Å². The van der Waals surface area contributed by atoms with E-state index in [1.807, 2.05) is 0 Å². The number of carbonyl (C=O) groups excluding carboxylic acids is 1. The van der Waals surface area contributed by atoms with Gasteiger partial charge in [-0.05, 0) is 48.9 Å². The summed E-state index contributed by atoms with van der Waals surface area (Å²) in [4.78, 5) is 12.2. The summed E-state index contributed by atoms with van der Waals surface area (Å²) >= 11 is 0. The summed E-state index contributed by atoms with van der Waals surface area (Å²) in [5.74, 6) is 0.263. The van der Waals surface area contributed by atoms with Crippen LogP contribution in [0.2, 0.25) is 0 Å². The molecule has 0 saturated heterocycles. The van der Waals surface area contributed by atoms with Gasteiger partial charge in [0, 0.05) is 11.3 Å². The topological polar surface area (TPSA) is 98.5 Å². The summed E-state index contributed by atoms with van der Waals surface area (Å²) in [5.41, 5.74) is 1.48. The molecule has 0 bridgehead atoms. The van der Waals surface area contributed by atoms with Gasteiger partial charge in [-0.15, -0.1) is 0 Å². The van der Waals surface area contributed by atoms with Crippen LogP contribution in [0.15, 0.2) is 47.4 Å². The highest BCUT2D eigenvalue weighted by atomic mass is 32.2. The molecule has 0 aliphatic carbocycles. The van der Waals surface area contributed by atoms with Crippen LogP contribution >= 0.6 is 0 Å². The fourth-order valence-electron chi connectivity index (χ4n) is 1.90. The predicted octanol–water partition coefficient (Wildman–Crippen LogP) is 1.90. The zero-order chi connectivity index (χ0) is 16.3. The molecule has 0 fully saturated rings. The number of anilines is 1. The zero-order valence-electron chi connectivity index (χ0n) is 12.2. The summed E-state index contributed by atoms with van der Waals surface area (Å²) in [6, 6.07) is 11.0. The average molecular weight is 320 g/mol. The summed E-state index contributed by atoms with van der Waals surface area (Å²) in [7, 11) is -2.30. The molecule has 2 aromatic carbocycles. The second kappa shape index (κ2) is 6.17. The number of sulfonamides is 1. The number of ether oxygens (including phenoxy) is 1. The van der Waals surface area contributed by atoms with Crippen LogP contribution in [0.5, 0.6) is 5.75 Å². The van der Waals surface area contributed by atoms with Gasteiger partial charge in [-0.25, -0.2) is 13.6 Å². The third-order valence-electron chi connectivity index (χ3n) is 3.13. The van der Waals surface area contributed by atoms with E-state index in [2.05, 4.69) is 5.32 Å². The summed E-state index contributed by atoms with van der Waals surface area (Å²) in [6.07, 6.45) is 0. The van der Waals surface area contributed by atoms with Crippen molar-refractivity contribution in [1.29, 1.82) is 0 Å². The standard InChI is InChI=1S/C15H16N2O4S/c1-10-3-8-13(22(16,19)20)9-14(10)15(18)17-11-4-6-12(21-2)7-5-11/h3-9H,1-2H3,(H,17,18)(H2,16,19,20). The van der Waals surface area contributed by atoms with Crippen LogP contribution in [0.4, 0.5) is 5.69 Å². The Bertz CT molecular complexity index is 799. The molecule has 7 heteroatoms. The van der Waals surface area contributed by atoms with Gasteiger partial charge in [0.05, 0.1) is 12.0 Å². The molecule has 2 rings (SSSR count). The molecule has 0 aliphatic rings. The van der Waals surface area contributed by atoms with Gasteiger partial charge in [-0.3, -0.25) is 4.79 Å². The first-order chi connectivity index (χ1) is 10.3. The molecule has 0 radical (unpaired) electrons. The van der Waals surface area contributed by atoms with E-state index in [-0.39, 0.29) is 10.5 Å². The molecule has 0 aliphatic heterocycles. The molecular weight excluding hydrogens is 304 g/mol. The summed E-state index contributed by atoms with van der Waals surface area (Å²) in [6.45, 7) is 1.72. The highest BCUT2D eigenvalue weighted by molar-refractivity contribution is 7.89. The van der Waals surface area contributed by atoms with E-state index >= 15 is 0 Å². The number of primary sulfonamides is 1. The van der Waals surface area contributed by atoms with Gasteiger partial charge in [0.2, 0.25) is 10.0 Å². The van der Waals surface area contributed by atoms with Crippen molar-refractivity contribution in [2.75, 3.05) is 12.4 Å². The second-order valence-corrected chi connectivity index (χ2v) is 6.27. The lowest BCUT2D eigenvalue weighted by atomic mass is 10.1. The maximum Gasteiger partial charge on any atom is 0.255 e. The number of amides is 1. The number of carbonyl (C=O) groups is 1. The van der Waals surface area contributed by atoms with Gasteiger partial charge in [-0.2, -0.15) is 0 Å². The van der Waals surface area contributed by atoms with E-state index in [0.717, 1.165) is 0 Å². The minimum Gasteiger partial charge on any atom is -0.497 e. The zero-order valence-corrected chi connectivity index (χ0v) is 13.0. The molecule has 0 atom stereocenters. The van der Waals surface area contributed by atoms with Crippen molar-refractivity contribution < 1.29 is 17.9 Å². The number of nitrogens with one attached hydrogen (secondary N) is 1. The quantitative estimate of drug-likeness (QED) is 0.899. The van der Waals surface area contributed by atoms with Gasteiger partial charge < -0.3 is 10.1 Å². The van der Waals surface area contributed by atoms with Crippen molar-refractivity contribution in [3.63, 3.8) is 0 Å². The minimum absolute atomic E-state index is 0.0991. The van der Waals surface area contributed by atoms with E-state index in [1.54, 1.807) is 44.4 Å². The number of aryl methyl sites for hydroxylation is 1. The van der Waals surface area contributed by atoms with Crippen molar-refractivity contribution in [3.8, 4) is 5.75 Å². The molecule has 6 nitrogen and oxygen atoms in total. The third kappa shape index (κ3) is 3.63. The summed E-state index contributed by atoms with van der Waals surface area (Å²) < 4.78 is 27.8. The molecular formula is C15H16N2O4S. The fraction of sp³-hybridized carbons (Fsp3) is 0.133. The van der Waals surface area contributed by atoms with Crippen LogP contribution in [0.25, 0.3) is 0 Å². The minimum atomic E-state index is -3.85. The molecule has 0 heterocycles. The monoisotopic (exact) mass is 320 g/mol. The molecule has 3 N–H and O–H groups in total. The molecule has 1 amide bonds. The Labute approximate surface area is 129 Å².